The molecule has 2 aromatic carbocycles. The average molecular weight is 461 g/mol. The molecule has 0 saturated carbocycles. The van der Waals surface area contributed by atoms with Crippen LogP contribution in [0.5, 0.6) is 0 Å². The number of hydrogen-bond acceptors (Lipinski definition) is 3. The van der Waals surface area contributed by atoms with E-state index in [0.717, 1.165) is 18.4 Å². The standard InChI is InChI=1S/C24H29ClN2O3S/c1-17(20-10-9-19-4-2-5-21(19)14-20)26-24(28)22-6-3-13-27(15-22)31(29,30)16-18-7-11-23(25)12-8-18/h7-12,14,17,22H,2-6,13,15-16H2,1H3,(H,26,28)/t17-,22+/m1/s1. The lowest BCUT2D eigenvalue weighted by Crippen LogP contribution is -2.46. The number of halogens is 1. The maximum absolute atomic E-state index is 12.9. The van der Waals surface area contributed by atoms with Crippen LogP contribution in [0.1, 0.15) is 54.5 Å². The van der Waals surface area contributed by atoms with Gasteiger partial charge in [0.15, 0.2) is 0 Å². The van der Waals surface area contributed by atoms with Crippen LogP contribution in [0.2, 0.25) is 5.02 Å². The maximum Gasteiger partial charge on any atom is 0.224 e. The van der Waals surface area contributed by atoms with Crippen LogP contribution in [-0.2, 0) is 33.4 Å². The van der Waals surface area contributed by atoms with Gasteiger partial charge in [0.1, 0.15) is 0 Å². The molecule has 1 fully saturated rings. The van der Waals surface area contributed by atoms with E-state index in [1.807, 2.05) is 6.92 Å². The molecule has 0 unspecified atom stereocenters. The molecule has 1 aliphatic carbocycles. The van der Waals surface area contributed by atoms with Crippen molar-refractivity contribution in [3.8, 4) is 0 Å². The van der Waals surface area contributed by atoms with Gasteiger partial charge < -0.3 is 5.32 Å². The van der Waals surface area contributed by atoms with Crippen molar-refractivity contribution in [2.45, 2.75) is 50.8 Å². The van der Waals surface area contributed by atoms with Crippen molar-refractivity contribution >= 4 is 27.5 Å². The van der Waals surface area contributed by atoms with E-state index < -0.39 is 10.0 Å². The number of hydrogen-bond donors (Lipinski definition) is 1. The normalized spacial score (nSPS) is 20.3. The lowest BCUT2D eigenvalue weighted by Gasteiger charge is -2.32. The molecule has 1 N–H and O–H groups in total. The first kappa shape index (κ1) is 22.3. The van der Waals surface area contributed by atoms with Crippen LogP contribution in [0.25, 0.3) is 0 Å². The Labute approximate surface area is 189 Å². The average Bonchev–Trinajstić information content (AvgIpc) is 3.23. The Kier molecular flexibility index (Phi) is 6.70. The van der Waals surface area contributed by atoms with Crippen molar-refractivity contribution in [2.75, 3.05) is 13.1 Å². The molecule has 0 radical (unpaired) electrons. The summed E-state index contributed by atoms with van der Waals surface area (Å²) in [5, 5.41) is 3.69. The summed E-state index contributed by atoms with van der Waals surface area (Å²) in [6, 6.07) is 13.2. The van der Waals surface area contributed by atoms with Crippen LogP contribution >= 0.6 is 11.6 Å². The SMILES string of the molecule is C[C@@H](NC(=O)[C@H]1CCCN(S(=O)(=O)Cc2ccc(Cl)cc2)C1)c1ccc2c(c1)CCC2. The predicted molar refractivity (Wildman–Crippen MR) is 123 cm³/mol. The number of benzene rings is 2. The Hall–Kier alpha value is -1.89. The summed E-state index contributed by atoms with van der Waals surface area (Å²) in [5.41, 5.74) is 4.60. The van der Waals surface area contributed by atoms with E-state index in [4.69, 9.17) is 11.6 Å². The van der Waals surface area contributed by atoms with Gasteiger partial charge in [0.2, 0.25) is 15.9 Å². The minimum absolute atomic E-state index is 0.0700. The highest BCUT2D eigenvalue weighted by Gasteiger charge is 2.33. The van der Waals surface area contributed by atoms with E-state index in [2.05, 4.69) is 23.5 Å². The zero-order chi connectivity index (χ0) is 22.0. The highest BCUT2D eigenvalue weighted by Crippen LogP contribution is 2.27. The number of aryl methyl sites for hydroxylation is 2. The van der Waals surface area contributed by atoms with Gasteiger partial charge in [-0.25, -0.2) is 12.7 Å². The third-order valence-electron chi connectivity index (χ3n) is 6.39. The van der Waals surface area contributed by atoms with Crippen molar-refractivity contribution in [3.05, 3.63) is 69.7 Å². The van der Waals surface area contributed by atoms with Gasteiger partial charge in [-0.05, 0) is 73.4 Å². The molecule has 31 heavy (non-hydrogen) atoms. The topological polar surface area (TPSA) is 66.5 Å². The number of piperidine rings is 1. The summed E-state index contributed by atoms with van der Waals surface area (Å²) in [6.45, 7) is 2.69. The Morgan fingerprint density at radius 3 is 2.65 bits per heavy atom. The van der Waals surface area contributed by atoms with Crippen molar-refractivity contribution in [1.82, 2.24) is 9.62 Å². The molecule has 2 aromatic rings. The molecule has 0 bridgehead atoms. The highest BCUT2D eigenvalue weighted by molar-refractivity contribution is 7.88. The summed E-state index contributed by atoms with van der Waals surface area (Å²) in [5.74, 6) is -0.477. The molecule has 2 aliphatic rings. The molecular weight excluding hydrogens is 432 g/mol. The monoisotopic (exact) mass is 460 g/mol. The number of rotatable bonds is 6. The maximum atomic E-state index is 12.9. The third-order valence-corrected chi connectivity index (χ3v) is 8.46. The van der Waals surface area contributed by atoms with Crippen LogP contribution in [0.3, 0.4) is 0 Å². The third kappa shape index (κ3) is 5.30. The Morgan fingerprint density at radius 2 is 1.87 bits per heavy atom. The number of carbonyl (C=O) groups is 1. The fourth-order valence-corrected chi connectivity index (χ4v) is 6.30. The van der Waals surface area contributed by atoms with Crippen molar-refractivity contribution in [2.24, 2.45) is 5.92 Å². The number of nitrogens with zero attached hydrogens (tertiary/aromatic N) is 1. The highest BCUT2D eigenvalue weighted by atomic mass is 35.5. The van der Waals surface area contributed by atoms with E-state index in [1.165, 1.54) is 21.9 Å². The van der Waals surface area contributed by atoms with Crippen LogP contribution in [0.4, 0.5) is 0 Å². The number of carbonyl (C=O) groups excluding carboxylic acids is 1. The summed E-state index contributed by atoms with van der Waals surface area (Å²) >= 11 is 5.89. The predicted octanol–water partition coefficient (Wildman–Crippen LogP) is 4.25. The number of sulfonamides is 1. The van der Waals surface area contributed by atoms with Crippen LogP contribution in [0.15, 0.2) is 42.5 Å². The Morgan fingerprint density at radius 1 is 1.13 bits per heavy atom. The second-order valence-electron chi connectivity index (χ2n) is 8.69. The summed E-state index contributed by atoms with van der Waals surface area (Å²) in [7, 11) is -3.49. The number of amides is 1. The molecule has 4 rings (SSSR count). The Bertz CT molecular complexity index is 1050. The molecular formula is C24H29ClN2O3S. The fourth-order valence-electron chi connectivity index (χ4n) is 4.57. The first-order chi connectivity index (χ1) is 14.8. The van der Waals surface area contributed by atoms with Gasteiger partial charge in [-0.2, -0.15) is 0 Å². The van der Waals surface area contributed by atoms with Crippen molar-refractivity contribution < 1.29 is 13.2 Å². The molecule has 0 aromatic heterocycles. The number of fused-ring (bicyclic) bond motifs is 1. The smallest absolute Gasteiger partial charge is 0.224 e. The molecule has 5 nitrogen and oxygen atoms in total. The van der Waals surface area contributed by atoms with E-state index in [0.29, 0.717) is 30.0 Å². The first-order valence-electron chi connectivity index (χ1n) is 11.0. The summed E-state index contributed by atoms with van der Waals surface area (Å²) < 4.78 is 27.3. The van der Waals surface area contributed by atoms with Gasteiger partial charge >= 0.3 is 0 Å². The van der Waals surface area contributed by atoms with E-state index in [1.54, 1.807) is 24.3 Å². The lowest BCUT2D eigenvalue weighted by atomic mass is 9.97. The van der Waals surface area contributed by atoms with Gasteiger partial charge in [0.05, 0.1) is 17.7 Å². The quantitative estimate of drug-likeness (QED) is 0.700. The van der Waals surface area contributed by atoms with Crippen LogP contribution < -0.4 is 5.32 Å². The molecule has 1 aliphatic heterocycles. The van der Waals surface area contributed by atoms with Gasteiger partial charge in [0, 0.05) is 18.1 Å². The molecule has 2 atom stereocenters. The molecule has 0 spiro atoms. The largest absolute Gasteiger partial charge is 0.349 e. The second-order valence-corrected chi connectivity index (χ2v) is 11.1. The first-order valence-corrected chi connectivity index (χ1v) is 12.9. The second kappa shape index (κ2) is 9.31. The minimum atomic E-state index is -3.49. The Balaban J connectivity index is 1.38. The van der Waals surface area contributed by atoms with E-state index in [9.17, 15) is 13.2 Å². The fraction of sp³-hybridized carbons (Fsp3) is 0.458. The van der Waals surface area contributed by atoms with Gasteiger partial charge in [-0.1, -0.05) is 41.9 Å². The van der Waals surface area contributed by atoms with Gasteiger partial charge in [-0.15, -0.1) is 0 Å². The van der Waals surface area contributed by atoms with Crippen molar-refractivity contribution in [3.63, 3.8) is 0 Å². The summed E-state index contributed by atoms with van der Waals surface area (Å²) in [4.78, 5) is 12.9. The summed E-state index contributed by atoms with van der Waals surface area (Å²) in [6.07, 6.45) is 4.83. The van der Waals surface area contributed by atoms with Crippen LogP contribution in [0, 0.1) is 5.92 Å². The number of nitrogens with one attached hydrogen (secondary N) is 1. The van der Waals surface area contributed by atoms with E-state index in [-0.39, 0.29) is 30.2 Å². The minimum Gasteiger partial charge on any atom is -0.349 e. The van der Waals surface area contributed by atoms with Gasteiger partial charge in [-0.3, -0.25) is 4.79 Å². The van der Waals surface area contributed by atoms with Gasteiger partial charge in [0.25, 0.3) is 0 Å². The lowest BCUT2D eigenvalue weighted by molar-refractivity contribution is -0.126. The van der Waals surface area contributed by atoms with Crippen LogP contribution in [-0.4, -0.2) is 31.7 Å². The molecule has 1 amide bonds. The van der Waals surface area contributed by atoms with Crippen molar-refractivity contribution in [1.29, 1.82) is 0 Å². The van der Waals surface area contributed by atoms with E-state index >= 15 is 0 Å². The molecule has 166 valence electrons. The molecule has 1 saturated heterocycles. The zero-order valence-electron chi connectivity index (χ0n) is 17.8. The zero-order valence-corrected chi connectivity index (χ0v) is 19.4. The molecule has 7 heteroatoms. The molecule has 1 heterocycles.